The molecule has 0 aromatic heterocycles. The fourth-order valence-electron chi connectivity index (χ4n) is 5.37. The first-order chi connectivity index (χ1) is 15.0. The summed E-state index contributed by atoms with van der Waals surface area (Å²) in [7, 11) is 0. The highest BCUT2D eigenvalue weighted by molar-refractivity contribution is 6.31. The van der Waals surface area contributed by atoms with E-state index < -0.39 is 11.6 Å². The molecule has 31 heavy (non-hydrogen) atoms. The number of aliphatic imine (C=N–C) groups is 1. The van der Waals surface area contributed by atoms with Gasteiger partial charge in [0.05, 0.1) is 5.54 Å². The van der Waals surface area contributed by atoms with Crippen LogP contribution in [0, 0.1) is 5.92 Å². The standard InChI is InChI=1S/C24H22Cl2N2O3/c25-16-2-8-19(9-3-16)31-23(30)22-13-15-1-10-21(26)20-14-27-12-11-24(15,20)28(22)17-4-6-18(29)7-5-17/h2-9,14-15,22,29H,1,10-13H2/t15?,22-,24?/m0/s1. The van der Waals surface area contributed by atoms with E-state index in [2.05, 4.69) is 9.89 Å². The fraction of sp³-hybridized carbons (Fsp3) is 0.333. The zero-order chi connectivity index (χ0) is 21.6. The zero-order valence-corrected chi connectivity index (χ0v) is 18.3. The van der Waals surface area contributed by atoms with Crippen LogP contribution in [-0.2, 0) is 4.79 Å². The molecule has 5 nitrogen and oxygen atoms in total. The van der Waals surface area contributed by atoms with Gasteiger partial charge in [0.1, 0.15) is 17.5 Å². The van der Waals surface area contributed by atoms with E-state index in [1.54, 1.807) is 36.4 Å². The van der Waals surface area contributed by atoms with E-state index in [0.717, 1.165) is 35.6 Å². The average Bonchev–Trinajstić information content (AvgIpc) is 3.10. The van der Waals surface area contributed by atoms with Crippen molar-refractivity contribution in [1.29, 1.82) is 0 Å². The minimum absolute atomic E-state index is 0.180. The van der Waals surface area contributed by atoms with Crippen molar-refractivity contribution in [2.24, 2.45) is 10.9 Å². The van der Waals surface area contributed by atoms with Crippen molar-refractivity contribution in [3.05, 3.63) is 64.2 Å². The molecule has 1 saturated heterocycles. The fourth-order valence-corrected chi connectivity index (χ4v) is 5.81. The monoisotopic (exact) mass is 456 g/mol. The Balaban J connectivity index is 1.58. The quantitative estimate of drug-likeness (QED) is 0.499. The molecule has 1 N–H and O–H groups in total. The number of allylic oxidation sites excluding steroid dienone is 1. The summed E-state index contributed by atoms with van der Waals surface area (Å²) < 4.78 is 5.77. The number of rotatable bonds is 3. The Morgan fingerprint density at radius 2 is 1.87 bits per heavy atom. The SMILES string of the molecule is O=C(Oc1ccc(Cl)cc1)[C@@H]1CC2CCC(Cl)=C3C=NCCC32N1c1ccc(O)cc1. The predicted octanol–water partition coefficient (Wildman–Crippen LogP) is 5.35. The summed E-state index contributed by atoms with van der Waals surface area (Å²) in [6.45, 7) is 0.678. The number of carbonyl (C=O) groups is 1. The Morgan fingerprint density at radius 3 is 2.61 bits per heavy atom. The normalized spacial score (nSPS) is 27.1. The molecule has 0 bridgehead atoms. The van der Waals surface area contributed by atoms with E-state index in [-0.39, 0.29) is 17.6 Å². The van der Waals surface area contributed by atoms with Crippen LogP contribution in [0.3, 0.4) is 0 Å². The molecule has 7 heteroatoms. The van der Waals surface area contributed by atoms with Gasteiger partial charge in [-0.15, -0.1) is 0 Å². The summed E-state index contributed by atoms with van der Waals surface area (Å²) in [6, 6.07) is 13.3. The first-order valence-electron chi connectivity index (χ1n) is 10.4. The van der Waals surface area contributed by atoms with Crippen LogP contribution < -0.4 is 9.64 Å². The topological polar surface area (TPSA) is 62.1 Å². The number of hydrogen-bond acceptors (Lipinski definition) is 5. The predicted molar refractivity (Wildman–Crippen MR) is 122 cm³/mol. The molecule has 3 atom stereocenters. The molecule has 2 unspecified atom stereocenters. The molecule has 0 radical (unpaired) electrons. The van der Waals surface area contributed by atoms with Crippen molar-refractivity contribution in [3.8, 4) is 11.5 Å². The molecular weight excluding hydrogens is 435 g/mol. The third-order valence-corrected chi connectivity index (χ3v) is 7.31. The van der Waals surface area contributed by atoms with Gasteiger partial charge in [0, 0.05) is 34.1 Å². The molecule has 3 aliphatic rings. The molecule has 2 aromatic carbocycles. The van der Waals surface area contributed by atoms with E-state index in [9.17, 15) is 9.90 Å². The van der Waals surface area contributed by atoms with Crippen molar-refractivity contribution >= 4 is 41.1 Å². The van der Waals surface area contributed by atoms with Crippen molar-refractivity contribution in [2.75, 3.05) is 11.4 Å². The molecule has 1 aliphatic carbocycles. The average molecular weight is 457 g/mol. The maximum absolute atomic E-state index is 13.4. The van der Waals surface area contributed by atoms with Crippen molar-refractivity contribution in [3.63, 3.8) is 0 Å². The van der Waals surface area contributed by atoms with Crippen LogP contribution in [0.2, 0.25) is 5.02 Å². The maximum Gasteiger partial charge on any atom is 0.334 e. The lowest BCUT2D eigenvalue weighted by Gasteiger charge is -2.49. The second kappa shape index (κ2) is 7.88. The lowest BCUT2D eigenvalue weighted by Crippen LogP contribution is -2.57. The van der Waals surface area contributed by atoms with Gasteiger partial charge in [-0.2, -0.15) is 0 Å². The third kappa shape index (κ3) is 3.40. The number of phenolic OH excluding ortho intramolecular Hbond substituents is 1. The number of ether oxygens (including phenoxy) is 1. The minimum atomic E-state index is -0.478. The number of hydrogen-bond donors (Lipinski definition) is 1. The molecular formula is C24H22Cl2N2O3. The highest BCUT2D eigenvalue weighted by Gasteiger charge is 2.59. The van der Waals surface area contributed by atoms with Crippen LogP contribution >= 0.6 is 23.2 Å². The van der Waals surface area contributed by atoms with Gasteiger partial charge in [-0.05, 0) is 80.1 Å². The Kier molecular flexibility index (Phi) is 5.19. The van der Waals surface area contributed by atoms with E-state index in [0.29, 0.717) is 23.7 Å². The van der Waals surface area contributed by atoms with Gasteiger partial charge in [-0.1, -0.05) is 23.2 Å². The molecule has 1 spiro atoms. The Labute approximate surface area is 190 Å². The van der Waals surface area contributed by atoms with Crippen molar-refractivity contribution in [1.82, 2.24) is 0 Å². The number of nitrogens with zero attached hydrogens (tertiary/aromatic N) is 2. The highest BCUT2D eigenvalue weighted by Crippen LogP contribution is 2.55. The van der Waals surface area contributed by atoms with Crippen molar-refractivity contribution in [2.45, 2.75) is 37.3 Å². The Hall–Kier alpha value is -2.50. The van der Waals surface area contributed by atoms with Gasteiger partial charge < -0.3 is 14.7 Å². The summed E-state index contributed by atoms with van der Waals surface area (Å²) in [5, 5.41) is 11.2. The highest BCUT2D eigenvalue weighted by atomic mass is 35.5. The number of benzene rings is 2. The van der Waals surface area contributed by atoms with Gasteiger partial charge in [0.2, 0.25) is 0 Å². The summed E-state index contributed by atoms with van der Waals surface area (Å²) in [5.74, 6) is 0.594. The van der Waals surface area contributed by atoms with Gasteiger partial charge in [0.25, 0.3) is 0 Å². The smallest absolute Gasteiger partial charge is 0.334 e. The van der Waals surface area contributed by atoms with Crippen LogP contribution in [0.15, 0.2) is 64.1 Å². The zero-order valence-electron chi connectivity index (χ0n) is 16.8. The van der Waals surface area contributed by atoms with Crippen molar-refractivity contribution < 1.29 is 14.6 Å². The number of carbonyl (C=O) groups excluding carboxylic acids is 1. The third-order valence-electron chi connectivity index (χ3n) is 6.67. The summed E-state index contributed by atoms with van der Waals surface area (Å²) in [4.78, 5) is 20.1. The maximum atomic E-state index is 13.4. The number of halogens is 2. The van der Waals surface area contributed by atoms with Crippen LogP contribution in [0.5, 0.6) is 11.5 Å². The lowest BCUT2D eigenvalue weighted by atomic mass is 9.69. The number of aromatic hydroxyl groups is 1. The Morgan fingerprint density at radius 1 is 1.13 bits per heavy atom. The number of anilines is 1. The molecule has 160 valence electrons. The summed E-state index contributed by atoms with van der Waals surface area (Å²) in [5.41, 5.74) is 1.46. The molecule has 2 aliphatic heterocycles. The summed E-state index contributed by atoms with van der Waals surface area (Å²) in [6.07, 6.45) is 5.05. The van der Waals surface area contributed by atoms with Gasteiger partial charge >= 0.3 is 5.97 Å². The van der Waals surface area contributed by atoms with Crippen LogP contribution in [-0.4, -0.2) is 35.4 Å². The second-order valence-electron chi connectivity index (χ2n) is 8.28. The van der Waals surface area contributed by atoms with E-state index >= 15 is 0 Å². The number of phenols is 1. The second-order valence-corrected chi connectivity index (χ2v) is 9.17. The molecule has 0 saturated carbocycles. The molecule has 2 aromatic rings. The van der Waals surface area contributed by atoms with Crippen LogP contribution in [0.25, 0.3) is 0 Å². The van der Waals surface area contributed by atoms with Gasteiger partial charge in [-0.25, -0.2) is 4.79 Å². The lowest BCUT2D eigenvalue weighted by molar-refractivity contribution is -0.135. The number of esters is 1. The van der Waals surface area contributed by atoms with E-state index in [1.807, 2.05) is 18.3 Å². The molecule has 2 heterocycles. The Bertz CT molecular complexity index is 1070. The molecule has 0 amide bonds. The van der Waals surface area contributed by atoms with Gasteiger partial charge in [0.15, 0.2) is 0 Å². The molecule has 5 rings (SSSR count). The first kappa shape index (κ1) is 20.4. The summed E-state index contributed by atoms with van der Waals surface area (Å²) >= 11 is 12.7. The van der Waals surface area contributed by atoms with E-state index in [4.69, 9.17) is 27.9 Å². The first-order valence-corrected chi connectivity index (χ1v) is 11.2. The minimum Gasteiger partial charge on any atom is -0.508 e. The van der Waals surface area contributed by atoms with Crippen LogP contribution in [0.4, 0.5) is 5.69 Å². The van der Waals surface area contributed by atoms with E-state index in [1.165, 1.54) is 0 Å². The van der Waals surface area contributed by atoms with Gasteiger partial charge in [-0.3, -0.25) is 4.99 Å². The molecule has 1 fully saturated rings. The largest absolute Gasteiger partial charge is 0.508 e. The van der Waals surface area contributed by atoms with Crippen LogP contribution in [0.1, 0.15) is 25.7 Å².